The molecule has 6 nitrogen and oxygen atoms in total. The second-order valence-electron chi connectivity index (χ2n) is 3.40. The molecule has 0 aliphatic rings. The van der Waals surface area contributed by atoms with Crippen LogP contribution in [0.3, 0.4) is 0 Å². The largest absolute Gasteiger partial charge is 0.506 e. The third kappa shape index (κ3) is 4.78. The number of sulfonamides is 1. The Balaban J connectivity index is 0.00000256. The van der Waals surface area contributed by atoms with Crippen LogP contribution in [-0.4, -0.2) is 31.4 Å². The fourth-order valence-corrected chi connectivity index (χ4v) is 1.75. The summed E-state index contributed by atoms with van der Waals surface area (Å²) in [5.41, 5.74) is 5.75. The van der Waals surface area contributed by atoms with Gasteiger partial charge in [-0.1, -0.05) is 6.07 Å². The van der Waals surface area contributed by atoms with Crippen LogP contribution in [0.4, 0.5) is 5.69 Å². The molecule has 0 amide bonds. The average Bonchev–Trinajstić information content (AvgIpc) is 2.18. The summed E-state index contributed by atoms with van der Waals surface area (Å²) in [4.78, 5) is 0. The van der Waals surface area contributed by atoms with E-state index in [9.17, 15) is 18.6 Å². The second kappa shape index (κ2) is 6.06. The Hall–Kier alpha value is -1.02. The SMILES string of the molecule is CS(=O)(=O)Nc1ccc(C(O)CN)cc1O.Cl. The highest BCUT2D eigenvalue weighted by Gasteiger charge is 2.10. The molecule has 0 aliphatic carbocycles. The van der Waals surface area contributed by atoms with Crippen LogP contribution in [0.25, 0.3) is 0 Å². The summed E-state index contributed by atoms with van der Waals surface area (Å²) in [6, 6.07) is 4.13. The number of halogens is 1. The third-order valence-electron chi connectivity index (χ3n) is 1.93. The summed E-state index contributed by atoms with van der Waals surface area (Å²) in [5, 5.41) is 18.9. The molecule has 0 heterocycles. The lowest BCUT2D eigenvalue weighted by Gasteiger charge is -2.11. The van der Waals surface area contributed by atoms with E-state index >= 15 is 0 Å². The highest BCUT2D eigenvalue weighted by molar-refractivity contribution is 7.92. The van der Waals surface area contributed by atoms with Gasteiger partial charge in [0.15, 0.2) is 0 Å². The number of anilines is 1. The number of phenols is 1. The first-order chi connectivity index (χ1) is 7.33. The fraction of sp³-hybridized carbons (Fsp3) is 0.333. The molecule has 0 fully saturated rings. The molecule has 8 heteroatoms. The molecule has 1 unspecified atom stereocenters. The van der Waals surface area contributed by atoms with E-state index in [0.717, 1.165) is 6.26 Å². The van der Waals surface area contributed by atoms with Gasteiger partial charge in [-0.15, -0.1) is 12.4 Å². The number of hydrogen-bond donors (Lipinski definition) is 4. The Morgan fingerprint density at radius 2 is 2.06 bits per heavy atom. The molecule has 0 radical (unpaired) electrons. The van der Waals surface area contributed by atoms with E-state index in [4.69, 9.17) is 5.73 Å². The van der Waals surface area contributed by atoms with E-state index in [0.29, 0.717) is 5.56 Å². The number of aliphatic hydroxyl groups excluding tert-OH is 1. The van der Waals surface area contributed by atoms with Gasteiger partial charge in [-0.05, 0) is 17.7 Å². The van der Waals surface area contributed by atoms with Crippen molar-refractivity contribution in [2.45, 2.75) is 6.10 Å². The molecule has 1 aromatic rings. The molecule has 0 saturated carbocycles. The van der Waals surface area contributed by atoms with Crippen molar-refractivity contribution in [3.63, 3.8) is 0 Å². The van der Waals surface area contributed by atoms with Crippen molar-refractivity contribution in [1.29, 1.82) is 0 Å². The molecular formula is C9H15ClN2O4S. The van der Waals surface area contributed by atoms with Gasteiger partial charge in [0.25, 0.3) is 0 Å². The second-order valence-corrected chi connectivity index (χ2v) is 5.15. The number of nitrogens with two attached hydrogens (primary N) is 1. The molecule has 0 bridgehead atoms. The third-order valence-corrected chi connectivity index (χ3v) is 2.52. The van der Waals surface area contributed by atoms with Crippen LogP contribution in [0.1, 0.15) is 11.7 Å². The lowest BCUT2D eigenvalue weighted by molar-refractivity contribution is 0.186. The van der Waals surface area contributed by atoms with Crippen LogP contribution in [0.15, 0.2) is 18.2 Å². The summed E-state index contributed by atoms with van der Waals surface area (Å²) in [6.45, 7) is 0.0261. The van der Waals surface area contributed by atoms with E-state index in [1.807, 2.05) is 0 Å². The quantitative estimate of drug-likeness (QED) is 0.588. The number of phenolic OH excluding ortho intramolecular Hbond substituents is 1. The Labute approximate surface area is 106 Å². The molecule has 1 rings (SSSR count). The van der Waals surface area contributed by atoms with Gasteiger partial charge in [-0.3, -0.25) is 4.72 Å². The van der Waals surface area contributed by atoms with E-state index in [-0.39, 0.29) is 30.4 Å². The number of hydrogen-bond acceptors (Lipinski definition) is 5. The smallest absolute Gasteiger partial charge is 0.229 e. The standard InChI is InChI=1S/C9H14N2O4S.ClH/c1-16(14,15)11-7-3-2-6(4-8(7)12)9(13)5-10;/h2-4,9,11-13H,5,10H2,1H3;1H. The van der Waals surface area contributed by atoms with Crippen LogP contribution >= 0.6 is 12.4 Å². The number of nitrogens with one attached hydrogen (secondary N) is 1. The van der Waals surface area contributed by atoms with Crippen molar-refractivity contribution >= 4 is 28.1 Å². The topological polar surface area (TPSA) is 113 Å². The minimum atomic E-state index is -3.44. The molecule has 0 saturated heterocycles. The summed E-state index contributed by atoms with van der Waals surface area (Å²) in [5.74, 6) is -0.254. The molecule has 17 heavy (non-hydrogen) atoms. The van der Waals surface area contributed by atoms with Gasteiger partial charge in [0.05, 0.1) is 18.0 Å². The summed E-state index contributed by atoms with van der Waals surface area (Å²) < 4.78 is 24.0. The lowest BCUT2D eigenvalue weighted by Crippen LogP contribution is -2.12. The van der Waals surface area contributed by atoms with Gasteiger partial charge >= 0.3 is 0 Å². The summed E-state index contributed by atoms with van der Waals surface area (Å²) >= 11 is 0. The van der Waals surface area contributed by atoms with Crippen LogP contribution in [0.2, 0.25) is 0 Å². The van der Waals surface area contributed by atoms with E-state index in [1.165, 1.54) is 18.2 Å². The molecule has 5 N–H and O–H groups in total. The molecule has 0 spiro atoms. The average molecular weight is 283 g/mol. The molecule has 0 aliphatic heterocycles. The van der Waals surface area contributed by atoms with Gasteiger partial charge in [0.1, 0.15) is 5.75 Å². The molecular weight excluding hydrogens is 268 g/mol. The maximum absolute atomic E-state index is 10.9. The first-order valence-corrected chi connectivity index (χ1v) is 6.41. The zero-order valence-electron chi connectivity index (χ0n) is 9.12. The molecule has 1 atom stereocenters. The number of aromatic hydroxyl groups is 1. The Bertz CT molecular complexity index is 478. The predicted octanol–water partition coefficient (Wildman–Crippen LogP) is 0.178. The minimum Gasteiger partial charge on any atom is -0.506 e. The highest BCUT2D eigenvalue weighted by atomic mass is 35.5. The predicted molar refractivity (Wildman–Crippen MR) is 67.8 cm³/mol. The number of rotatable bonds is 4. The maximum Gasteiger partial charge on any atom is 0.229 e. The zero-order chi connectivity index (χ0) is 12.3. The van der Waals surface area contributed by atoms with Crippen LogP contribution < -0.4 is 10.5 Å². The normalized spacial score (nSPS) is 12.6. The van der Waals surface area contributed by atoms with Crippen LogP contribution in [-0.2, 0) is 10.0 Å². The lowest BCUT2D eigenvalue weighted by atomic mass is 10.1. The number of benzene rings is 1. The monoisotopic (exact) mass is 282 g/mol. The van der Waals surface area contributed by atoms with Crippen LogP contribution in [0.5, 0.6) is 5.75 Å². The molecule has 98 valence electrons. The summed E-state index contributed by atoms with van der Waals surface area (Å²) in [7, 11) is -3.44. The van der Waals surface area contributed by atoms with Crippen molar-refractivity contribution in [3.05, 3.63) is 23.8 Å². The van der Waals surface area contributed by atoms with E-state index < -0.39 is 16.1 Å². The van der Waals surface area contributed by atoms with Crippen molar-refractivity contribution in [3.8, 4) is 5.75 Å². The van der Waals surface area contributed by atoms with Crippen molar-refractivity contribution < 1.29 is 18.6 Å². The van der Waals surface area contributed by atoms with Crippen LogP contribution in [0, 0.1) is 0 Å². The van der Waals surface area contributed by atoms with Crippen molar-refractivity contribution in [2.24, 2.45) is 5.73 Å². The molecule has 1 aromatic carbocycles. The van der Waals surface area contributed by atoms with Gasteiger partial charge in [0.2, 0.25) is 10.0 Å². The zero-order valence-corrected chi connectivity index (χ0v) is 10.8. The van der Waals surface area contributed by atoms with Gasteiger partial charge in [-0.2, -0.15) is 0 Å². The maximum atomic E-state index is 10.9. The number of aliphatic hydroxyl groups is 1. The van der Waals surface area contributed by atoms with Gasteiger partial charge in [-0.25, -0.2) is 8.42 Å². The molecule has 0 aromatic heterocycles. The Morgan fingerprint density at radius 3 is 2.47 bits per heavy atom. The fourth-order valence-electron chi connectivity index (χ4n) is 1.18. The van der Waals surface area contributed by atoms with Crippen molar-refractivity contribution in [2.75, 3.05) is 17.5 Å². The van der Waals surface area contributed by atoms with E-state index in [1.54, 1.807) is 0 Å². The van der Waals surface area contributed by atoms with Crippen molar-refractivity contribution in [1.82, 2.24) is 0 Å². The summed E-state index contributed by atoms with van der Waals surface area (Å²) in [6.07, 6.45) is 0.105. The van der Waals surface area contributed by atoms with Gasteiger partial charge < -0.3 is 15.9 Å². The minimum absolute atomic E-state index is 0. The Morgan fingerprint density at radius 1 is 1.47 bits per heavy atom. The Kier molecular flexibility index (Phi) is 5.70. The van der Waals surface area contributed by atoms with E-state index in [2.05, 4.69) is 4.72 Å². The van der Waals surface area contributed by atoms with Gasteiger partial charge in [0, 0.05) is 6.54 Å². The first kappa shape index (κ1) is 16.0. The first-order valence-electron chi connectivity index (χ1n) is 4.52. The highest BCUT2D eigenvalue weighted by Crippen LogP contribution is 2.27.